The van der Waals surface area contributed by atoms with Crippen LogP contribution in [0.5, 0.6) is 5.75 Å². The van der Waals surface area contributed by atoms with Gasteiger partial charge in [0, 0.05) is 24.7 Å². The van der Waals surface area contributed by atoms with Gasteiger partial charge in [-0.3, -0.25) is 9.69 Å². The van der Waals surface area contributed by atoms with Crippen LogP contribution in [0, 0.1) is 0 Å². The number of carbonyl (C=O) groups is 1. The Hall–Kier alpha value is -1.07. The van der Waals surface area contributed by atoms with Gasteiger partial charge in [0.05, 0.1) is 11.6 Å². The second kappa shape index (κ2) is 6.36. The molecule has 4 nitrogen and oxygen atoms in total. The maximum absolute atomic E-state index is 12.6. The minimum atomic E-state index is 0.125. The molecule has 1 atom stereocenters. The van der Waals surface area contributed by atoms with Crippen LogP contribution in [0.4, 0.5) is 0 Å². The summed E-state index contributed by atoms with van der Waals surface area (Å²) in [6.07, 6.45) is 3.70. The molecule has 0 saturated carbocycles. The van der Waals surface area contributed by atoms with Crippen LogP contribution in [0.25, 0.3) is 0 Å². The fourth-order valence-corrected chi connectivity index (χ4v) is 3.85. The van der Waals surface area contributed by atoms with Gasteiger partial charge in [0.2, 0.25) is 0 Å². The summed E-state index contributed by atoms with van der Waals surface area (Å²) in [5.41, 5.74) is 0.727. The van der Waals surface area contributed by atoms with Gasteiger partial charge in [0.1, 0.15) is 5.75 Å². The summed E-state index contributed by atoms with van der Waals surface area (Å²) in [5, 5.41) is 0. The number of rotatable bonds is 3. The molecule has 1 amide bonds. The van der Waals surface area contributed by atoms with E-state index in [0.29, 0.717) is 6.04 Å². The summed E-state index contributed by atoms with van der Waals surface area (Å²) in [5.74, 6) is 0.878. The van der Waals surface area contributed by atoms with Gasteiger partial charge >= 0.3 is 0 Å². The molecule has 0 aromatic heterocycles. The second-order valence-corrected chi connectivity index (χ2v) is 6.64. The van der Waals surface area contributed by atoms with Crippen LogP contribution >= 0.6 is 15.9 Å². The molecule has 3 rings (SSSR count). The van der Waals surface area contributed by atoms with Crippen molar-refractivity contribution in [3.63, 3.8) is 0 Å². The molecule has 2 saturated heterocycles. The van der Waals surface area contributed by atoms with Gasteiger partial charge in [0.15, 0.2) is 0 Å². The van der Waals surface area contributed by atoms with E-state index in [-0.39, 0.29) is 5.91 Å². The number of ether oxygens (including phenoxy) is 1. The van der Waals surface area contributed by atoms with Crippen molar-refractivity contribution in [3.8, 4) is 5.75 Å². The largest absolute Gasteiger partial charge is 0.496 e. The predicted molar refractivity (Wildman–Crippen MR) is 85.8 cm³/mol. The molecule has 1 aromatic rings. The zero-order chi connectivity index (χ0) is 14.8. The van der Waals surface area contributed by atoms with Gasteiger partial charge in [-0.2, -0.15) is 0 Å². The number of benzene rings is 1. The van der Waals surface area contributed by atoms with Gasteiger partial charge < -0.3 is 9.64 Å². The minimum absolute atomic E-state index is 0.125. The van der Waals surface area contributed by atoms with Gasteiger partial charge in [-0.1, -0.05) is 0 Å². The third-order valence-corrected chi connectivity index (χ3v) is 5.13. The average molecular weight is 353 g/mol. The molecule has 2 aliphatic rings. The summed E-state index contributed by atoms with van der Waals surface area (Å²) in [6.45, 7) is 4.12. The lowest BCUT2D eigenvalue weighted by molar-refractivity contribution is 0.0780. The fourth-order valence-electron chi connectivity index (χ4n) is 3.31. The standard InChI is InChI=1S/C16H21BrN2O2/c1-21-15-5-4-12(10-14(15)17)16(20)19-9-6-13(11-19)18-7-2-3-8-18/h4-5,10,13H,2-3,6-9,11H2,1H3. The smallest absolute Gasteiger partial charge is 0.253 e. The molecule has 0 radical (unpaired) electrons. The van der Waals surface area contributed by atoms with Crippen LogP contribution in [-0.4, -0.2) is 55.0 Å². The van der Waals surface area contributed by atoms with Gasteiger partial charge in [-0.05, 0) is 66.5 Å². The monoisotopic (exact) mass is 352 g/mol. The normalized spacial score (nSPS) is 22.8. The highest BCUT2D eigenvalue weighted by molar-refractivity contribution is 9.10. The molecular formula is C16H21BrN2O2. The Morgan fingerprint density at radius 2 is 2.05 bits per heavy atom. The van der Waals surface area contributed by atoms with Crippen molar-refractivity contribution in [3.05, 3.63) is 28.2 Å². The van der Waals surface area contributed by atoms with E-state index in [1.807, 2.05) is 23.1 Å². The van der Waals surface area contributed by atoms with Crippen molar-refractivity contribution in [1.82, 2.24) is 9.80 Å². The molecule has 2 heterocycles. The summed E-state index contributed by atoms with van der Waals surface area (Å²) >= 11 is 3.45. The maximum atomic E-state index is 12.6. The molecule has 1 aromatic carbocycles. The average Bonchev–Trinajstić information content (AvgIpc) is 3.17. The Kier molecular flexibility index (Phi) is 4.50. The zero-order valence-corrected chi connectivity index (χ0v) is 13.9. The topological polar surface area (TPSA) is 32.8 Å². The second-order valence-electron chi connectivity index (χ2n) is 5.79. The zero-order valence-electron chi connectivity index (χ0n) is 12.3. The Labute approximate surface area is 134 Å². The summed E-state index contributed by atoms with van der Waals surface area (Å²) in [6, 6.07) is 6.09. The van der Waals surface area contributed by atoms with Gasteiger partial charge in [-0.15, -0.1) is 0 Å². The molecular weight excluding hydrogens is 332 g/mol. The SMILES string of the molecule is COc1ccc(C(=O)N2CCC(N3CCCC3)C2)cc1Br. The highest BCUT2D eigenvalue weighted by atomic mass is 79.9. The lowest BCUT2D eigenvalue weighted by atomic mass is 10.2. The number of carbonyl (C=O) groups excluding carboxylic acids is 1. The first-order valence-electron chi connectivity index (χ1n) is 7.56. The Balaban J connectivity index is 1.67. The van der Waals surface area contributed by atoms with E-state index in [9.17, 15) is 4.79 Å². The van der Waals surface area contributed by atoms with Gasteiger partial charge in [-0.25, -0.2) is 0 Å². The van der Waals surface area contributed by atoms with Crippen molar-refractivity contribution in [2.45, 2.75) is 25.3 Å². The van der Waals surface area contributed by atoms with E-state index in [2.05, 4.69) is 20.8 Å². The fraction of sp³-hybridized carbons (Fsp3) is 0.562. The number of amides is 1. The number of halogens is 1. The molecule has 2 fully saturated rings. The first-order valence-corrected chi connectivity index (χ1v) is 8.35. The van der Waals surface area contributed by atoms with E-state index in [1.165, 1.54) is 25.9 Å². The number of likely N-dealkylation sites (tertiary alicyclic amines) is 2. The predicted octanol–water partition coefficient (Wildman–Crippen LogP) is 2.77. The molecule has 0 aliphatic carbocycles. The molecule has 2 aliphatic heterocycles. The van der Waals surface area contributed by atoms with Crippen molar-refractivity contribution in [2.75, 3.05) is 33.3 Å². The number of hydrogen-bond acceptors (Lipinski definition) is 3. The number of hydrogen-bond donors (Lipinski definition) is 0. The van der Waals surface area contributed by atoms with Crippen molar-refractivity contribution < 1.29 is 9.53 Å². The van der Waals surface area contributed by atoms with E-state index in [0.717, 1.165) is 35.3 Å². The number of nitrogens with zero attached hydrogens (tertiary/aromatic N) is 2. The van der Waals surface area contributed by atoms with E-state index >= 15 is 0 Å². The van der Waals surface area contributed by atoms with Crippen molar-refractivity contribution in [2.24, 2.45) is 0 Å². The highest BCUT2D eigenvalue weighted by Gasteiger charge is 2.32. The molecule has 1 unspecified atom stereocenters. The van der Waals surface area contributed by atoms with Crippen LogP contribution in [0.2, 0.25) is 0 Å². The summed E-state index contributed by atoms with van der Waals surface area (Å²) < 4.78 is 6.04. The Bertz CT molecular complexity index is 529. The third kappa shape index (κ3) is 3.09. The molecule has 0 N–H and O–H groups in total. The first kappa shape index (κ1) is 14.9. The first-order chi connectivity index (χ1) is 10.2. The van der Waals surface area contributed by atoms with E-state index in [1.54, 1.807) is 7.11 Å². The molecule has 114 valence electrons. The molecule has 0 spiro atoms. The summed E-state index contributed by atoms with van der Waals surface area (Å²) in [7, 11) is 1.63. The van der Waals surface area contributed by atoms with Crippen molar-refractivity contribution in [1.29, 1.82) is 0 Å². The van der Waals surface area contributed by atoms with Crippen molar-refractivity contribution >= 4 is 21.8 Å². The summed E-state index contributed by atoms with van der Waals surface area (Å²) in [4.78, 5) is 17.1. The highest BCUT2D eigenvalue weighted by Crippen LogP contribution is 2.27. The number of methoxy groups -OCH3 is 1. The van der Waals surface area contributed by atoms with Crippen LogP contribution in [0.15, 0.2) is 22.7 Å². The van der Waals surface area contributed by atoms with Gasteiger partial charge in [0.25, 0.3) is 5.91 Å². The third-order valence-electron chi connectivity index (χ3n) is 4.51. The maximum Gasteiger partial charge on any atom is 0.253 e. The lowest BCUT2D eigenvalue weighted by Gasteiger charge is -2.23. The van der Waals surface area contributed by atoms with Crippen LogP contribution in [0.3, 0.4) is 0 Å². The van der Waals surface area contributed by atoms with Crippen LogP contribution in [-0.2, 0) is 0 Å². The van der Waals surface area contributed by atoms with Crippen LogP contribution < -0.4 is 4.74 Å². The molecule has 0 bridgehead atoms. The quantitative estimate of drug-likeness (QED) is 0.838. The molecule has 5 heteroatoms. The molecule has 21 heavy (non-hydrogen) atoms. The Morgan fingerprint density at radius 1 is 1.29 bits per heavy atom. The van der Waals surface area contributed by atoms with Crippen LogP contribution in [0.1, 0.15) is 29.6 Å². The Morgan fingerprint density at radius 3 is 2.71 bits per heavy atom. The van der Waals surface area contributed by atoms with E-state index < -0.39 is 0 Å². The van der Waals surface area contributed by atoms with E-state index in [4.69, 9.17) is 4.74 Å². The minimum Gasteiger partial charge on any atom is -0.496 e. The lowest BCUT2D eigenvalue weighted by Crippen LogP contribution is -2.37.